The summed E-state index contributed by atoms with van der Waals surface area (Å²) in [6.45, 7) is 4.04. The lowest BCUT2D eigenvalue weighted by molar-refractivity contribution is -0.147. The van der Waals surface area contributed by atoms with Crippen LogP contribution in [0.2, 0.25) is 0 Å². The lowest BCUT2D eigenvalue weighted by Crippen LogP contribution is -2.49. The molecule has 1 aromatic rings. The Hall–Kier alpha value is -2.05. The molecule has 24 heavy (non-hydrogen) atoms. The summed E-state index contributed by atoms with van der Waals surface area (Å²) in [5.41, 5.74) is -2.70. The number of hydrogen-bond donors (Lipinski definition) is 1. The zero-order valence-corrected chi connectivity index (χ0v) is 13.7. The van der Waals surface area contributed by atoms with Crippen molar-refractivity contribution in [3.8, 4) is 0 Å². The van der Waals surface area contributed by atoms with Crippen LogP contribution in [0.1, 0.15) is 38.7 Å². The topological polar surface area (TPSA) is 49.4 Å². The molecule has 1 saturated heterocycles. The number of hydrogen-bond acceptors (Lipinski definition) is 2. The lowest BCUT2D eigenvalue weighted by atomic mass is 9.89. The number of nitrogens with one attached hydrogen (secondary N) is 1. The smallest absolute Gasteiger partial charge is 0.342 e. The molecule has 0 aromatic heterocycles. The maximum absolute atomic E-state index is 13.0. The zero-order valence-electron chi connectivity index (χ0n) is 13.7. The second-order valence-electron chi connectivity index (χ2n) is 6.48. The van der Waals surface area contributed by atoms with Crippen LogP contribution in [0.15, 0.2) is 24.3 Å². The number of benzene rings is 1. The van der Waals surface area contributed by atoms with E-state index in [1.165, 1.54) is 32.0 Å². The molecule has 4 nitrogen and oxygen atoms in total. The second kappa shape index (κ2) is 6.83. The molecular weight excluding hydrogens is 321 g/mol. The van der Waals surface area contributed by atoms with Gasteiger partial charge in [0, 0.05) is 13.1 Å². The van der Waals surface area contributed by atoms with Crippen molar-refractivity contribution in [1.29, 1.82) is 0 Å². The summed E-state index contributed by atoms with van der Waals surface area (Å²) in [6, 6.07) is 4.74. The number of piperidine rings is 1. The van der Waals surface area contributed by atoms with E-state index in [2.05, 4.69) is 5.32 Å². The SMILES string of the molecule is CC(C)(C(=O)Nc1ccccc1C(F)(F)F)C(=O)N1CCCCC1. The number of para-hydroxylation sites is 1. The highest BCUT2D eigenvalue weighted by molar-refractivity contribution is 6.10. The molecule has 1 aliphatic rings. The number of nitrogens with zero attached hydrogens (tertiary/aromatic N) is 1. The Morgan fingerprint density at radius 1 is 1.04 bits per heavy atom. The summed E-state index contributed by atoms with van der Waals surface area (Å²) >= 11 is 0. The molecule has 7 heteroatoms. The van der Waals surface area contributed by atoms with Gasteiger partial charge < -0.3 is 10.2 Å². The molecule has 1 fully saturated rings. The molecule has 0 bridgehead atoms. The monoisotopic (exact) mass is 342 g/mol. The molecule has 0 radical (unpaired) electrons. The van der Waals surface area contributed by atoms with Crippen molar-refractivity contribution >= 4 is 17.5 Å². The van der Waals surface area contributed by atoms with Crippen LogP contribution < -0.4 is 5.32 Å². The molecule has 0 atom stereocenters. The molecule has 0 saturated carbocycles. The average molecular weight is 342 g/mol. The maximum atomic E-state index is 13.0. The molecule has 1 aromatic carbocycles. The molecule has 1 aliphatic heterocycles. The molecule has 1 N–H and O–H groups in total. The van der Waals surface area contributed by atoms with Crippen molar-refractivity contribution in [1.82, 2.24) is 4.90 Å². The fourth-order valence-corrected chi connectivity index (χ4v) is 2.71. The first-order valence-corrected chi connectivity index (χ1v) is 7.91. The Morgan fingerprint density at radius 3 is 2.21 bits per heavy atom. The number of halogens is 3. The van der Waals surface area contributed by atoms with Gasteiger partial charge in [-0.15, -0.1) is 0 Å². The predicted octanol–water partition coefficient (Wildman–Crippen LogP) is 3.68. The fourth-order valence-electron chi connectivity index (χ4n) is 2.71. The maximum Gasteiger partial charge on any atom is 0.418 e. The van der Waals surface area contributed by atoms with Gasteiger partial charge in [-0.05, 0) is 45.2 Å². The van der Waals surface area contributed by atoms with Crippen molar-refractivity contribution in [3.63, 3.8) is 0 Å². The van der Waals surface area contributed by atoms with Crippen LogP contribution in [-0.2, 0) is 15.8 Å². The number of rotatable bonds is 3. The third-order valence-corrected chi connectivity index (χ3v) is 4.23. The number of anilines is 1. The molecule has 132 valence electrons. The third kappa shape index (κ3) is 3.88. The average Bonchev–Trinajstić information content (AvgIpc) is 2.54. The highest BCUT2D eigenvalue weighted by atomic mass is 19.4. The first kappa shape index (κ1) is 18.3. The Labute approximate surface area is 139 Å². The number of alkyl halides is 3. The van der Waals surface area contributed by atoms with Gasteiger partial charge in [-0.3, -0.25) is 9.59 Å². The van der Waals surface area contributed by atoms with E-state index >= 15 is 0 Å². The van der Waals surface area contributed by atoms with Gasteiger partial charge in [-0.25, -0.2) is 0 Å². The summed E-state index contributed by atoms with van der Waals surface area (Å²) < 4.78 is 39.1. The van der Waals surface area contributed by atoms with Crippen molar-refractivity contribution in [2.75, 3.05) is 18.4 Å². The fraction of sp³-hybridized carbons (Fsp3) is 0.529. The van der Waals surface area contributed by atoms with E-state index in [1.807, 2.05) is 0 Å². The van der Waals surface area contributed by atoms with E-state index in [1.54, 1.807) is 4.90 Å². The third-order valence-electron chi connectivity index (χ3n) is 4.23. The molecular formula is C17H21F3N2O2. The second-order valence-corrected chi connectivity index (χ2v) is 6.48. The van der Waals surface area contributed by atoms with Crippen LogP contribution in [0.5, 0.6) is 0 Å². The molecule has 0 aliphatic carbocycles. The minimum atomic E-state index is -4.58. The van der Waals surface area contributed by atoms with Gasteiger partial charge in [0.15, 0.2) is 0 Å². The van der Waals surface area contributed by atoms with Gasteiger partial charge in [-0.2, -0.15) is 13.2 Å². The standard InChI is InChI=1S/C17H21F3N2O2/c1-16(2,15(24)22-10-6-3-7-11-22)14(23)21-13-9-5-4-8-12(13)17(18,19)20/h4-5,8-9H,3,6-7,10-11H2,1-2H3,(H,21,23). The Bertz CT molecular complexity index is 621. The van der Waals surface area contributed by atoms with Crippen LogP contribution in [0.3, 0.4) is 0 Å². The normalized spacial score (nSPS) is 16.0. The van der Waals surface area contributed by atoms with Crippen LogP contribution in [-0.4, -0.2) is 29.8 Å². The predicted molar refractivity (Wildman–Crippen MR) is 84.3 cm³/mol. The highest BCUT2D eigenvalue weighted by Gasteiger charge is 2.41. The van der Waals surface area contributed by atoms with E-state index in [4.69, 9.17) is 0 Å². The van der Waals surface area contributed by atoms with Crippen LogP contribution >= 0.6 is 0 Å². The molecule has 0 spiro atoms. The van der Waals surface area contributed by atoms with E-state index in [-0.39, 0.29) is 11.6 Å². The van der Waals surface area contributed by atoms with Crippen LogP contribution in [0, 0.1) is 5.41 Å². The number of carbonyl (C=O) groups excluding carboxylic acids is 2. The lowest BCUT2D eigenvalue weighted by Gasteiger charge is -2.33. The summed E-state index contributed by atoms with van der Waals surface area (Å²) in [5.74, 6) is -1.10. The van der Waals surface area contributed by atoms with Gasteiger partial charge in [0.2, 0.25) is 11.8 Å². The first-order chi connectivity index (χ1) is 11.1. The van der Waals surface area contributed by atoms with Gasteiger partial charge in [0.05, 0.1) is 11.3 Å². The molecule has 2 amide bonds. The molecule has 1 heterocycles. The molecule has 2 rings (SSSR count). The highest BCUT2D eigenvalue weighted by Crippen LogP contribution is 2.35. The molecule has 0 unspecified atom stereocenters. The Kier molecular flexibility index (Phi) is 5.20. The van der Waals surface area contributed by atoms with Crippen molar-refractivity contribution < 1.29 is 22.8 Å². The summed E-state index contributed by atoms with van der Waals surface area (Å²) in [6.07, 6.45) is -1.79. The van der Waals surface area contributed by atoms with Gasteiger partial charge in [0.25, 0.3) is 0 Å². The Morgan fingerprint density at radius 2 is 1.62 bits per heavy atom. The summed E-state index contributed by atoms with van der Waals surface area (Å²) in [7, 11) is 0. The number of amides is 2. The van der Waals surface area contributed by atoms with Crippen LogP contribution in [0.4, 0.5) is 18.9 Å². The van der Waals surface area contributed by atoms with Gasteiger partial charge in [0.1, 0.15) is 5.41 Å². The number of likely N-dealkylation sites (tertiary alicyclic amines) is 1. The van der Waals surface area contributed by atoms with Crippen molar-refractivity contribution in [3.05, 3.63) is 29.8 Å². The van der Waals surface area contributed by atoms with Gasteiger partial charge >= 0.3 is 6.18 Å². The van der Waals surface area contributed by atoms with E-state index in [9.17, 15) is 22.8 Å². The van der Waals surface area contributed by atoms with E-state index in [0.29, 0.717) is 13.1 Å². The quantitative estimate of drug-likeness (QED) is 0.852. The van der Waals surface area contributed by atoms with E-state index < -0.39 is 23.1 Å². The van der Waals surface area contributed by atoms with E-state index in [0.717, 1.165) is 25.3 Å². The van der Waals surface area contributed by atoms with Gasteiger partial charge in [-0.1, -0.05) is 12.1 Å². The zero-order chi connectivity index (χ0) is 18.0. The Balaban J connectivity index is 2.18. The number of carbonyl (C=O) groups is 2. The summed E-state index contributed by atoms with van der Waals surface area (Å²) in [4.78, 5) is 26.7. The minimum absolute atomic E-state index is 0.338. The summed E-state index contributed by atoms with van der Waals surface area (Å²) in [5, 5.41) is 2.27. The van der Waals surface area contributed by atoms with Crippen LogP contribution in [0.25, 0.3) is 0 Å². The minimum Gasteiger partial charge on any atom is -0.342 e. The first-order valence-electron chi connectivity index (χ1n) is 7.91. The largest absolute Gasteiger partial charge is 0.418 e. The van der Waals surface area contributed by atoms with Crippen molar-refractivity contribution in [2.24, 2.45) is 5.41 Å². The van der Waals surface area contributed by atoms with Crippen molar-refractivity contribution in [2.45, 2.75) is 39.3 Å².